The highest BCUT2D eigenvalue weighted by molar-refractivity contribution is 5.66. The van der Waals surface area contributed by atoms with E-state index in [1.54, 1.807) is 0 Å². The van der Waals surface area contributed by atoms with Gasteiger partial charge >= 0.3 is 0 Å². The quantitative estimate of drug-likeness (QED) is 0.322. The molecule has 0 N–H and O–H groups in total. The molecule has 4 rings (SSSR count). The summed E-state index contributed by atoms with van der Waals surface area (Å²) in [5.41, 5.74) is 8.61. The number of aryl methyl sites for hydroxylation is 2. The summed E-state index contributed by atoms with van der Waals surface area (Å²) in [5, 5.41) is 0. The van der Waals surface area contributed by atoms with E-state index in [2.05, 4.69) is 80.6 Å². The third kappa shape index (κ3) is 5.58. The molecule has 0 aliphatic heterocycles. The molecular weight excluding hydrogens is 376 g/mol. The van der Waals surface area contributed by atoms with Crippen LogP contribution in [0.5, 0.6) is 5.75 Å². The highest BCUT2D eigenvalue weighted by Gasteiger charge is 2.20. The molecule has 3 aromatic carbocycles. The van der Waals surface area contributed by atoms with Crippen LogP contribution in [-0.2, 0) is 19.3 Å². The zero-order chi connectivity index (χ0) is 21.5. The molecule has 1 aliphatic rings. The predicted molar refractivity (Wildman–Crippen MR) is 132 cm³/mol. The van der Waals surface area contributed by atoms with E-state index in [9.17, 15) is 0 Å². The van der Waals surface area contributed by atoms with E-state index >= 15 is 0 Å². The number of fused-ring (bicyclic) bond motifs is 1. The molecule has 1 nitrogen and oxygen atoms in total. The van der Waals surface area contributed by atoms with Crippen molar-refractivity contribution >= 4 is 0 Å². The Kier molecular flexibility index (Phi) is 7.46. The van der Waals surface area contributed by atoms with Gasteiger partial charge in [-0.3, -0.25) is 0 Å². The molecule has 0 heterocycles. The van der Waals surface area contributed by atoms with Crippen molar-refractivity contribution in [3.8, 4) is 16.9 Å². The van der Waals surface area contributed by atoms with Crippen LogP contribution in [-0.4, -0.2) is 6.61 Å². The molecule has 0 bridgehead atoms. The highest BCUT2D eigenvalue weighted by Crippen LogP contribution is 2.35. The van der Waals surface area contributed by atoms with E-state index in [0.717, 1.165) is 25.2 Å². The molecule has 1 atom stereocenters. The van der Waals surface area contributed by atoms with Gasteiger partial charge in [0.25, 0.3) is 0 Å². The second-order valence-electron chi connectivity index (χ2n) is 8.99. The summed E-state index contributed by atoms with van der Waals surface area (Å²) in [6.07, 6.45) is 9.57. The average Bonchev–Trinajstić information content (AvgIpc) is 2.82. The summed E-state index contributed by atoms with van der Waals surface area (Å²) < 4.78 is 5.86. The van der Waals surface area contributed by atoms with Crippen LogP contribution in [0.4, 0.5) is 0 Å². The van der Waals surface area contributed by atoms with Gasteiger partial charge in [-0.15, -0.1) is 0 Å². The Bertz CT molecular complexity index is 953. The van der Waals surface area contributed by atoms with Crippen LogP contribution < -0.4 is 4.74 Å². The maximum atomic E-state index is 5.86. The molecule has 0 saturated heterocycles. The Hall–Kier alpha value is -2.54. The Morgan fingerprint density at radius 1 is 0.774 bits per heavy atom. The summed E-state index contributed by atoms with van der Waals surface area (Å²) in [4.78, 5) is 0. The third-order valence-corrected chi connectivity index (χ3v) is 6.63. The van der Waals surface area contributed by atoms with Gasteiger partial charge in [-0.1, -0.05) is 87.7 Å². The van der Waals surface area contributed by atoms with Gasteiger partial charge in [-0.05, 0) is 83.5 Å². The molecule has 1 heteroatoms. The van der Waals surface area contributed by atoms with Crippen molar-refractivity contribution in [3.63, 3.8) is 0 Å². The lowest BCUT2D eigenvalue weighted by atomic mass is 9.79. The monoisotopic (exact) mass is 412 g/mol. The van der Waals surface area contributed by atoms with Crippen LogP contribution in [0, 0.1) is 0 Å². The topological polar surface area (TPSA) is 9.23 Å². The van der Waals surface area contributed by atoms with Gasteiger partial charge in [0.1, 0.15) is 5.75 Å². The van der Waals surface area contributed by atoms with Gasteiger partial charge in [-0.25, -0.2) is 0 Å². The highest BCUT2D eigenvalue weighted by atomic mass is 16.5. The minimum Gasteiger partial charge on any atom is -0.494 e. The van der Waals surface area contributed by atoms with Crippen LogP contribution in [0.2, 0.25) is 0 Å². The molecule has 0 fully saturated rings. The molecule has 1 unspecified atom stereocenters. The summed E-state index contributed by atoms with van der Waals surface area (Å²) in [6, 6.07) is 25.1. The first-order chi connectivity index (χ1) is 15.3. The largest absolute Gasteiger partial charge is 0.494 e. The fraction of sp³-hybridized carbons (Fsp3) is 0.400. The molecule has 31 heavy (non-hydrogen) atoms. The van der Waals surface area contributed by atoms with Gasteiger partial charge in [0.2, 0.25) is 0 Å². The van der Waals surface area contributed by atoms with E-state index in [4.69, 9.17) is 4.74 Å². The number of hydrogen-bond donors (Lipinski definition) is 0. The summed E-state index contributed by atoms with van der Waals surface area (Å²) in [5.74, 6) is 1.63. The first kappa shape index (κ1) is 21.7. The van der Waals surface area contributed by atoms with E-state index < -0.39 is 0 Å². The fourth-order valence-electron chi connectivity index (χ4n) is 4.75. The van der Waals surface area contributed by atoms with Crippen LogP contribution >= 0.6 is 0 Å². The molecule has 0 saturated carbocycles. The molecule has 3 aromatic rings. The van der Waals surface area contributed by atoms with Crippen LogP contribution in [0.15, 0.2) is 66.7 Å². The maximum absolute atomic E-state index is 5.86. The molecule has 0 aromatic heterocycles. The second-order valence-corrected chi connectivity index (χ2v) is 8.99. The van der Waals surface area contributed by atoms with Crippen molar-refractivity contribution in [2.75, 3.05) is 6.61 Å². The Morgan fingerprint density at radius 3 is 2.29 bits per heavy atom. The van der Waals surface area contributed by atoms with Crippen LogP contribution in [0.3, 0.4) is 0 Å². The minimum atomic E-state index is 0.651. The normalized spacial score (nSPS) is 15.5. The molecule has 162 valence electrons. The van der Waals surface area contributed by atoms with Crippen molar-refractivity contribution in [2.24, 2.45) is 0 Å². The van der Waals surface area contributed by atoms with Gasteiger partial charge in [0.15, 0.2) is 0 Å². The number of unbranched alkanes of at least 4 members (excludes halogenated alkanes) is 2. The maximum Gasteiger partial charge on any atom is 0.119 e. The first-order valence-corrected chi connectivity index (χ1v) is 12.2. The van der Waals surface area contributed by atoms with Gasteiger partial charge in [0, 0.05) is 0 Å². The van der Waals surface area contributed by atoms with Crippen LogP contribution in [0.1, 0.15) is 74.1 Å². The zero-order valence-electron chi connectivity index (χ0n) is 19.2. The predicted octanol–water partition coefficient (Wildman–Crippen LogP) is 8.15. The Morgan fingerprint density at radius 2 is 1.55 bits per heavy atom. The van der Waals surface area contributed by atoms with E-state index in [0.29, 0.717) is 5.92 Å². The van der Waals surface area contributed by atoms with Crippen molar-refractivity contribution in [3.05, 3.63) is 89.0 Å². The molecule has 0 amide bonds. The lowest BCUT2D eigenvalue weighted by Gasteiger charge is -2.26. The number of rotatable bonds is 9. The van der Waals surface area contributed by atoms with Gasteiger partial charge < -0.3 is 4.74 Å². The van der Waals surface area contributed by atoms with Crippen molar-refractivity contribution in [1.29, 1.82) is 0 Å². The van der Waals surface area contributed by atoms with Crippen molar-refractivity contribution in [2.45, 2.75) is 71.1 Å². The third-order valence-electron chi connectivity index (χ3n) is 6.63. The standard InChI is InChI=1S/C30H36O/c1-3-5-6-20-31-30-18-16-25(17-19-30)27-13-15-28-21-26(12-14-29(28)22-27)24-10-8-23(7-4-2)9-11-24/h8-11,13,15-19,22,26H,3-7,12,14,20-21H2,1-2H3. The lowest BCUT2D eigenvalue weighted by Crippen LogP contribution is -2.13. The number of ether oxygens (including phenoxy) is 1. The van der Waals surface area contributed by atoms with E-state index in [1.165, 1.54) is 71.9 Å². The Labute approximate surface area is 188 Å². The lowest BCUT2D eigenvalue weighted by molar-refractivity contribution is 0.306. The molecule has 1 aliphatic carbocycles. The van der Waals surface area contributed by atoms with Gasteiger partial charge in [-0.2, -0.15) is 0 Å². The van der Waals surface area contributed by atoms with Crippen molar-refractivity contribution < 1.29 is 4.74 Å². The SMILES string of the molecule is CCCCCOc1ccc(-c2ccc3c(c2)CCC(c2ccc(CCC)cc2)C3)cc1. The fourth-order valence-corrected chi connectivity index (χ4v) is 4.75. The second kappa shape index (κ2) is 10.7. The Balaban J connectivity index is 1.40. The first-order valence-electron chi connectivity index (χ1n) is 12.2. The molecule has 0 spiro atoms. The van der Waals surface area contributed by atoms with Crippen LogP contribution in [0.25, 0.3) is 11.1 Å². The summed E-state index contributed by atoms with van der Waals surface area (Å²) >= 11 is 0. The number of benzene rings is 3. The number of hydrogen-bond acceptors (Lipinski definition) is 1. The van der Waals surface area contributed by atoms with Crippen molar-refractivity contribution in [1.82, 2.24) is 0 Å². The minimum absolute atomic E-state index is 0.651. The zero-order valence-corrected chi connectivity index (χ0v) is 19.2. The van der Waals surface area contributed by atoms with E-state index in [1.807, 2.05) is 0 Å². The summed E-state index contributed by atoms with van der Waals surface area (Å²) in [6.45, 7) is 5.28. The molecule has 0 radical (unpaired) electrons. The van der Waals surface area contributed by atoms with E-state index in [-0.39, 0.29) is 0 Å². The summed E-state index contributed by atoms with van der Waals surface area (Å²) in [7, 11) is 0. The average molecular weight is 413 g/mol. The molecular formula is C30H36O. The smallest absolute Gasteiger partial charge is 0.119 e. The van der Waals surface area contributed by atoms with Gasteiger partial charge in [0.05, 0.1) is 6.61 Å².